The number of benzene rings is 1. The van der Waals surface area contributed by atoms with Crippen LogP contribution in [0, 0.1) is 0 Å². The Kier molecular flexibility index (Phi) is 7.91. The van der Waals surface area contributed by atoms with Crippen LogP contribution in [0.5, 0.6) is 5.75 Å². The van der Waals surface area contributed by atoms with Crippen LogP contribution < -0.4 is 15.6 Å². The number of carbonyl (C=O) groups excluding carboxylic acids is 3. The van der Waals surface area contributed by atoms with E-state index in [2.05, 4.69) is 15.6 Å². The Bertz CT molecular complexity index is 584. The minimum atomic E-state index is -0.654. The van der Waals surface area contributed by atoms with Crippen molar-refractivity contribution in [3.8, 4) is 5.75 Å². The highest BCUT2D eigenvalue weighted by Gasteiger charge is 2.12. The summed E-state index contributed by atoms with van der Waals surface area (Å²) in [4.78, 5) is 34.6. The molecule has 0 saturated heterocycles. The van der Waals surface area contributed by atoms with Crippen molar-refractivity contribution in [2.24, 2.45) is 0 Å². The van der Waals surface area contributed by atoms with E-state index in [1.165, 1.54) is 0 Å². The molecular weight excluding hydrogens is 300 g/mol. The molecule has 0 aliphatic heterocycles. The van der Waals surface area contributed by atoms with Gasteiger partial charge in [-0.25, -0.2) is 4.79 Å². The van der Waals surface area contributed by atoms with Crippen molar-refractivity contribution in [3.63, 3.8) is 0 Å². The zero-order chi connectivity index (χ0) is 17.1. The van der Waals surface area contributed by atoms with Gasteiger partial charge in [0.1, 0.15) is 5.75 Å². The molecule has 23 heavy (non-hydrogen) atoms. The van der Waals surface area contributed by atoms with E-state index in [1.807, 2.05) is 6.92 Å². The lowest BCUT2D eigenvalue weighted by Gasteiger charge is -2.11. The summed E-state index contributed by atoms with van der Waals surface area (Å²) in [6.07, 6.45) is 2.76. The SMILES string of the molecule is CCCOc1ccccc1C(=O)NNC(=O)C=CC(=O)OCC. The van der Waals surface area contributed by atoms with Crippen molar-refractivity contribution < 1.29 is 23.9 Å². The summed E-state index contributed by atoms with van der Waals surface area (Å²) in [6, 6.07) is 6.70. The van der Waals surface area contributed by atoms with E-state index in [1.54, 1.807) is 31.2 Å². The number of esters is 1. The summed E-state index contributed by atoms with van der Waals surface area (Å²) in [5, 5.41) is 0. The van der Waals surface area contributed by atoms with Crippen LogP contribution in [0.25, 0.3) is 0 Å². The summed E-state index contributed by atoms with van der Waals surface area (Å²) in [5.74, 6) is -1.37. The van der Waals surface area contributed by atoms with Gasteiger partial charge in [0.25, 0.3) is 11.8 Å². The first-order chi connectivity index (χ1) is 11.1. The molecule has 7 nitrogen and oxygen atoms in total. The molecular formula is C16H20N2O5. The molecule has 7 heteroatoms. The molecule has 0 heterocycles. The molecule has 0 aliphatic rings. The average Bonchev–Trinajstić information content (AvgIpc) is 2.56. The number of rotatable bonds is 7. The summed E-state index contributed by atoms with van der Waals surface area (Å²) < 4.78 is 10.1. The number of hydrogen-bond acceptors (Lipinski definition) is 5. The fraction of sp³-hybridized carbons (Fsp3) is 0.312. The maximum Gasteiger partial charge on any atom is 0.330 e. The number of nitrogens with one attached hydrogen (secondary N) is 2. The van der Waals surface area contributed by atoms with Crippen LogP contribution in [0.4, 0.5) is 0 Å². The molecule has 0 spiro atoms. The number of carbonyl (C=O) groups is 3. The summed E-state index contributed by atoms with van der Waals surface area (Å²) >= 11 is 0. The first-order valence-corrected chi connectivity index (χ1v) is 7.25. The Morgan fingerprint density at radius 1 is 1.09 bits per heavy atom. The minimum Gasteiger partial charge on any atom is -0.493 e. The fourth-order valence-corrected chi connectivity index (χ4v) is 1.55. The lowest BCUT2D eigenvalue weighted by atomic mass is 10.2. The maximum atomic E-state index is 12.1. The zero-order valence-corrected chi connectivity index (χ0v) is 13.1. The van der Waals surface area contributed by atoms with Crippen LogP contribution in [0.2, 0.25) is 0 Å². The van der Waals surface area contributed by atoms with Crippen molar-refractivity contribution in [2.45, 2.75) is 20.3 Å². The molecule has 124 valence electrons. The largest absolute Gasteiger partial charge is 0.493 e. The molecule has 0 radical (unpaired) electrons. The second-order valence-corrected chi connectivity index (χ2v) is 4.37. The Morgan fingerprint density at radius 2 is 1.83 bits per heavy atom. The van der Waals surface area contributed by atoms with E-state index in [9.17, 15) is 14.4 Å². The third kappa shape index (κ3) is 6.64. The molecule has 1 rings (SSSR count). The van der Waals surface area contributed by atoms with Gasteiger partial charge in [0.05, 0.1) is 18.8 Å². The van der Waals surface area contributed by atoms with E-state index in [0.29, 0.717) is 17.9 Å². The molecule has 1 aromatic rings. The zero-order valence-electron chi connectivity index (χ0n) is 13.1. The maximum absolute atomic E-state index is 12.1. The van der Waals surface area contributed by atoms with Gasteiger partial charge >= 0.3 is 5.97 Å². The topological polar surface area (TPSA) is 93.7 Å². The number of hydrazine groups is 1. The van der Waals surface area contributed by atoms with E-state index in [4.69, 9.17) is 4.74 Å². The summed E-state index contributed by atoms with van der Waals surface area (Å²) in [5.41, 5.74) is 4.72. The molecule has 2 N–H and O–H groups in total. The van der Waals surface area contributed by atoms with E-state index in [-0.39, 0.29) is 6.61 Å². The Balaban J connectivity index is 2.57. The van der Waals surface area contributed by atoms with Crippen molar-refractivity contribution in [2.75, 3.05) is 13.2 Å². The average molecular weight is 320 g/mol. The van der Waals surface area contributed by atoms with Gasteiger partial charge in [-0.15, -0.1) is 0 Å². The quantitative estimate of drug-likeness (QED) is 0.449. The molecule has 0 bridgehead atoms. The Hall–Kier alpha value is -2.83. The molecule has 0 unspecified atom stereocenters. The van der Waals surface area contributed by atoms with Crippen LogP contribution in [-0.2, 0) is 14.3 Å². The normalized spacial score (nSPS) is 10.2. The Morgan fingerprint density at radius 3 is 2.52 bits per heavy atom. The van der Waals surface area contributed by atoms with E-state index < -0.39 is 17.8 Å². The molecule has 0 aromatic heterocycles. The monoisotopic (exact) mass is 320 g/mol. The van der Waals surface area contributed by atoms with Gasteiger partial charge < -0.3 is 9.47 Å². The van der Waals surface area contributed by atoms with Crippen LogP contribution in [0.3, 0.4) is 0 Å². The minimum absolute atomic E-state index is 0.218. The van der Waals surface area contributed by atoms with Crippen LogP contribution in [0.1, 0.15) is 30.6 Å². The molecule has 0 fully saturated rings. The van der Waals surface area contributed by atoms with Crippen LogP contribution in [0.15, 0.2) is 36.4 Å². The van der Waals surface area contributed by atoms with Gasteiger partial charge in [0.15, 0.2) is 0 Å². The van der Waals surface area contributed by atoms with Gasteiger partial charge in [-0.05, 0) is 25.5 Å². The third-order valence-corrected chi connectivity index (χ3v) is 2.55. The number of hydrogen-bond donors (Lipinski definition) is 2. The van der Waals surface area contributed by atoms with E-state index in [0.717, 1.165) is 18.6 Å². The van der Waals surface area contributed by atoms with Crippen molar-refractivity contribution in [3.05, 3.63) is 42.0 Å². The number of amides is 2. The van der Waals surface area contributed by atoms with Crippen LogP contribution in [-0.4, -0.2) is 31.0 Å². The molecule has 0 saturated carbocycles. The highest BCUT2D eigenvalue weighted by atomic mass is 16.5. The van der Waals surface area contributed by atoms with Gasteiger partial charge in [-0.2, -0.15) is 0 Å². The highest BCUT2D eigenvalue weighted by molar-refractivity contribution is 6.00. The third-order valence-electron chi connectivity index (χ3n) is 2.55. The smallest absolute Gasteiger partial charge is 0.330 e. The second kappa shape index (κ2) is 9.99. The predicted molar refractivity (Wildman–Crippen MR) is 83.6 cm³/mol. The first kappa shape index (κ1) is 18.2. The second-order valence-electron chi connectivity index (χ2n) is 4.37. The van der Waals surface area contributed by atoms with Crippen molar-refractivity contribution in [1.29, 1.82) is 0 Å². The molecule has 0 aliphatic carbocycles. The Labute approximate surface area is 134 Å². The number of ether oxygens (including phenoxy) is 2. The summed E-state index contributed by atoms with van der Waals surface area (Å²) in [7, 11) is 0. The van der Waals surface area contributed by atoms with Gasteiger partial charge in [-0.1, -0.05) is 19.1 Å². The lowest BCUT2D eigenvalue weighted by Crippen LogP contribution is -2.41. The predicted octanol–water partition coefficient (Wildman–Crippen LogP) is 1.36. The molecule has 1 aromatic carbocycles. The van der Waals surface area contributed by atoms with Gasteiger partial charge in [-0.3, -0.25) is 20.4 Å². The first-order valence-electron chi connectivity index (χ1n) is 7.25. The van der Waals surface area contributed by atoms with Crippen LogP contribution >= 0.6 is 0 Å². The standard InChI is InChI=1S/C16H20N2O5/c1-3-11-23-13-8-6-5-7-12(13)16(21)18-17-14(19)9-10-15(20)22-4-2/h5-10H,3-4,11H2,1-2H3,(H,17,19)(H,18,21). The van der Waals surface area contributed by atoms with Gasteiger partial charge in [0, 0.05) is 12.2 Å². The highest BCUT2D eigenvalue weighted by Crippen LogP contribution is 2.17. The lowest BCUT2D eigenvalue weighted by molar-refractivity contribution is -0.137. The number of para-hydroxylation sites is 1. The fourth-order valence-electron chi connectivity index (χ4n) is 1.55. The van der Waals surface area contributed by atoms with Crippen molar-refractivity contribution >= 4 is 17.8 Å². The molecule has 2 amide bonds. The van der Waals surface area contributed by atoms with Gasteiger partial charge in [0.2, 0.25) is 0 Å². The summed E-state index contributed by atoms with van der Waals surface area (Å²) in [6.45, 7) is 4.32. The molecule has 0 atom stereocenters. The van der Waals surface area contributed by atoms with E-state index >= 15 is 0 Å². The van der Waals surface area contributed by atoms with Crippen molar-refractivity contribution in [1.82, 2.24) is 10.9 Å².